The number of anilines is 1. The van der Waals surface area contributed by atoms with Gasteiger partial charge in [0.05, 0.1) is 36.6 Å². The number of nitrogens with two attached hydrogens (primary N) is 1. The van der Waals surface area contributed by atoms with Gasteiger partial charge in [0.15, 0.2) is 0 Å². The molecule has 1 amide bonds. The lowest BCUT2D eigenvalue weighted by atomic mass is 10.1. The van der Waals surface area contributed by atoms with E-state index in [2.05, 4.69) is 22.3 Å². The number of nitrogen functional groups attached to an aromatic ring is 1. The van der Waals surface area contributed by atoms with Crippen molar-refractivity contribution in [3.8, 4) is 5.75 Å². The summed E-state index contributed by atoms with van der Waals surface area (Å²) in [5.74, 6) is 0.141. The molecule has 29 heavy (non-hydrogen) atoms. The van der Waals surface area contributed by atoms with Crippen LogP contribution in [0, 0.1) is 0 Å². The van der Waals surface area contributed by atoms with E-state index in [9.17, 15) is 4.79 Å². The van der Waals surface area contributed by atoms with Crippen LogP contribution in [0.4, 0.5) is 5.69 Å². The molecule has 0 spiro atoms. The van der Waals surface area contributed by atoms with E-state index in [-0.39, 0.29) is 30.7 Å². The van der Waals surface area contributed by atoms with Crippen LogP contribution in [0.1, 0.15) is 21.5 Å². The van der Waals surface area contributed by atoms with Gasteiger partial charge in [-0.25, -0.2) is 0 Å². The maximum absolute atomic E-state index is 12.6. The number of hydrogen-bond acceptors (Lipinski definition) is 5. The number of nitrogens with one attached hydrogen (secondary N) is 1. The van der Waals surface area contributed by atoms with Gasteiger partial charge in [0.1, 0.15) is 5.75 Å². The molecule has 0 aromatic heterocycles. The second-order valence-electron chi connectivity index (χ2n) is 6.47. The predicted octanol–water partition coefficient (Wildman–Crippen LogP) is 3.54. The Morgan fingerprint density at radius 2 is 1.90 bits per heavy atom. The second kappa shape index (κ2) is 12.1. The summed E-state index contributed by atoms with van der Waals surface area (Å²) in [4.78, 5) is 14.9. The normalized spacial score (nSPS) is 13.7. The third-order valence-corrected chi connectivity index (χ3v) is 4.85. The Morgan fingerprint density at radius 1 is 1.21 bits per heavy atom. The minimum absolute atomic E-state index is 0. The molecule has 0 aliphatic carbocycles. The van der Waals surface area contributed by atoms with Gasteiger partial charge in [-0.05, 0) is 17.2 Å². The average molecular weight is 463 g/mol. The zero-order valence-corrected chi connectivity index (χ0v) is 18.5. The SMILES string of the molecule is COc1cc(N)c(Cl)cc1C(=O)NCc1cccc(CN2CCOCC2)c1.Cl.Cl. The van der Waals surface area contributed by atoms with Gasteiger partial charge in [-0.3, -0.25) is 9.69 Å². The van der Waals surface area contributed by atoms with Crippen molar-refractivity contribution in [1.29, 1.82) is 0 Å². The Balaban J connectivity index is 0.00000210. The van der Waals surface area contributed by atoms with Crippen LogP contribution < -0.4 is 15.8 Å². The van der Waals surface area contributed by atoms with Gasteiger partial charge in [0.2, 0.25) is 0 Å². The number of rotatable bonds is 6. The smallest absolute Gasteiger partial charge is 0.255 e. The van der Waals surface area contributed by atoms with Crippen LogP contribution in [0.25, 0.3) is 0 Å². The molecule has 1 aliphatic rings. The summed E-state index contributed by atoms with van der Waals surface area (Å²) < 4.78 is 10.6. The molecule has 3 rings (SSSR count). The molecule has 3 N–H and O–H groups in total. The molecular weight excluding hydrogens is 437 g/mol. The number of hydrogen-bond donors (Lipinski definition) is 2. The van der Waals surface area contributed by atoms with E-state index in [1.165, 1.54) is 18.7 Å². The summed E-state index contributed by atoms with van der Waals surface area (Å²) in [6, 6.07) is 11.3. The fraction of sp³-hybridized carbons (Fsp3) is 0.350. The van der Waals surface area contributed by atoms with Crippen LogP contribution in [-0.2, 0) is 17.8 Å². The molecule has 1 saturated heterocycles. The van der Waals surface area contributed by atoms with Crippen LogP contribution in [0.2, 0.25) is 5.02 Å². The van der Waals surface area contributed by atoms with Gasteiger partial charge in [-0.15, -0.1) is 24.8 Å². The molecule has 2 aromatic carbocycles. The minimum atomic E-state index is -0.257. The first-order valence-electron chi connectivity index (χ1n) is 8.86. The maximum atomic E-state index is 12.6. The van der Waals surface area contributed by atoms with Crippen molar-refractivity contribution < 1.29 is 14.3 Å². The molecular formula is C20H26Cl3N3O3. The van der Waals surface area contributed by atoms with Gasteiger partial charge in [-0.1, -0.05) is 35.9 Å². The summed E-state index contributed by atoms with van der Waals surface area (Å²) in [5.41, 5.74) is 8.76. The lowest BCUT2D eigenvalue weighted by Crippen LogP contribution is -2.35. The number of benzene rings is 2. The van der Waals surface area contributed by atoms with E-state index in [1.54, 1.807) is 6.07 Å². The van der Waals surface area contributed by atoms with Crippen molar-refractivity contribution in [1.82, 2.24) is 10.2 Å². The van der Waals surface area contributed by atoms with Crippen LogP contribution in [-0.4, -0.2) is 44.2 Å². The van der Waals surface area contributed by atoms with Crippen molar-refractivity contribution in [2.24, 2.45) is 0 Å². The number of morpholine rings is 1. The van der Waals surface area contributed by atoms with Gasteiger partial charge < -0.3 is 20.5 Å². The van der Waals surface area contributed by atoms with E-state index in [0.29, 0.717) is 28.6 Å². The number of carbonyl (C=O) groups excluding carboxylic acids is 1. The van der Waals surface area contributed by atoms with Crippen molar-refractivity contribution in [3.05, 3.63) is 58.1 Å². The summed E-state index contributed by atoms with van der Waals surface area (Å²) in [6.45, 7) is 4.74. The molecule has 0 saturated carbocycles. The number of ether oxygens (including phenoxy) is 2. The van der Waals surface area contributed by atoms with E-state index in [1.807, 2.05) is 12.1 Å². The molecule has 160 valence electrons. The third-order valence-electron chi connectivity index (χ3n) is 4.52. The largest absolute Gasteiger partial charge is 0.496 e. The predicted molar refractivity (Wildman–Crippen MR) is 121 cm³/mol. The molecule has 1 heterocycles. The highest BCUT2D eigenvalue weighted by atomic mass is 35.5. The van der Waals surface area contributed by atoms with Crippen molar-refractivity contribution in [2.45, 2.75) is 13.1 Å². The maximum Gasteiger partial charge on any atom is 0.255 e. The molecule has 0 bridgehead atoms. The highest BCUT2D eigenvalue weighted by molar-refractivity contribution is 6.33. The number of amides is 1. The number of methoxy groups -OCH3 is 1. The second-order valence-corrected chi connectivity index (χ2v) is 6.87. The Hall–Kier alpha value is -1.70. The monoisotopic (exact) mass is 461 g/mol. The van der Waals surface area contributed by atoms with E-state index in [4.69, 9.17) is 26.8 Å². The van der Waals surface area contributed by atoms with E-state index in [0.717, 1.165) is 38.4 Å². The quantitative estimate of drug-likeness (QED) is 0.642. The fourth-order valence-corrected chi connectivity index (χ4v) is 3.21. The molecule has 0 unspecified atom stereocenters. The standard InChI is InChI=1S/C20H24ClN3O3.2ClH/c1-26-19-11-18(22)17(21)10-16(19)20(25)23-12-14-3-2-4-15(9-14)13-24-5-7-27-8-6-24;;/h2-4,9-11H,5-8,12-13,22H2,1H3,(H,23,25);2*1H. The molecule has 9 heteroatoms. The summed E-state index contributed by atoms with van der Waals surface area (Å²) >= 11 is 6.04. The molecule has 2 aromatic rings. The molecule has 0 atom stereocenters. The van der Waals surface area contributed by atoms with Gasteiger partial charge in [0, 0.05) is 32.2 Å². The molecule has 1 aliphatic heterocycles. The van der Waals surface area contributed by atoms with Crippen LogP contribution in [0.15, 0.2) is 36.4 Å². The molecule has 6 nitrogen and oxygen atoms in total. The topological polar surface area (TPSA) is 76.8 Å². The highest BCUT2D eigenvalue weighted by Gasteiger charge is 2.15. The first-order chi connectivity index (χ1) is 13.1. The van der Waals surface area contributed by atoms with E-state index < -0.39 is 0 Å². The number of halogens is 3. The highest BCUT2D eigenvalue weighted by Crippen LogP contribution is 2.28. The first-order valence-corrected chi connectivity index (χ1v) is 9.23. The first kappa shape index (κ1) is 25.3. The Kier molecular flexibility index (Phi) is 10.6. The molecule has 1 fully saturated rings. The van der Waals surface area contributed by atoms with Gasteiger partial charge in [-0.2, -0.15) is 0 Å². The Bertz CT molecular complexity index is 815. The van der Waals surface area contributed by atoms with Crippen LogP contribution in [0.5, 0.6) is 5.75 Å². The van der Waals surface area contributed by atoms with E-state index >= 15 is 0 Å². The van der Waals surface area contributed by atoms with Gasteiger partial charge >= 0.3 is 0 Å². The van der Waals surface area contributed by atoms with Crippen LogP contribution >= 0.6 is 36.4 Å². The minimum Gasteiger partial charge on any atom is -0.496 e. The summed E-state index contributed by atoms with van der Waals surface area (Å²) in [6.07, 6.45) is 0. The Labute approximate surface area is 188 Å². The van der Waals surface area contributed by atoms with Crippen molar-refractivity contribution in [2.75, 3.05) is 39.1 Å². The fourth-order valence-electron chi connectivity index (χ4n) is 3.05. The average Bonchev–Trinajstić information content (AvgIpc) is 2.69. The van der Waals surface area contributed by atoms with Crippen molar-refractivity contribution >= 4 is 48.0 Å². The molecule has 0 radical (unpaired) electrons. The number of nitrogens with zero attached hydrogens (tertiary/aromatic N) is 1. The zero-order chi connectivity index (χ0) is 19.2. The number of carbonyl (C=O) groups is 1. The van der Waals surface area contributed by atoms with Crippen LogP contribution in [0.3, 0.4) is 0 Å². The van der Waals surface area contributed by atoms with Crippen molar-refractivity contribution in [3.63, 3.8) is 0 Å². The lowest BCUT2D eigenvalue weighted by Gasteiger charge is -2.26. The lowest BCUT2D eigenvalue weighted by molar-refractivity contribution is 0.0342. The zero-order valence-electron chi connectivity index (χ0n) is 16.2. The Morgan fingerprint density at radius 3 is 2.59 bits per heavy atom. The summed E-state index contributed by atoms with van der Waals surface area (Å²) in [7, 11) is 1.49. The summed E-state index contributed by atoms with van der Waals surface area (Å²) in [5, 5.41) is 3.24. The third kappa shape index (κ3) is 6.94. The van der Waals surface area contributed by atoms with Gasteiger partial charge in [0.25, 0.3) is 5.91 Å².